The maximum Gasteiger partial charge on any atom is 0.416 e. The van der Waals surface area contributed by atoms with E-state index in [0.717, 1.165) is 12.1 Å². The van der Waals surface area contributed by atoms with Gasteiger partial charge >= 0.3 is 6.18 Å². The molecule has 0 saturated heterocycles. The summed E-state index contributed by atoms with van der Waals surface area (Å²) < 4.78 is 45.3. The van der Waals surface area contributed by atoms with Crippen LogP contribution in [0.3, 0.4) is 0 Å². The van der Waals surface area contributed by atoms with E-state index in [9.17, 15) is 18.3 Å². The average molecular weight is 380 g/mol. The molecule has 1 unspecified atom stereocenters. The van der Waals surface area contributed by atoms with Gasteiger partial charge in [-0.3, -0.25) is 0 Å². The van der Waals surface area contributed by atoms with E-state index in [0.29, 0.717) is 34.0 Å². The number of ether oxygens (including phenoxy) is 1. The third kappa shape index (κ3) is 3.46. The second-order valence-electron chi connectivity index (χ2n) is 6.28. The van der Waals surface area contributed by atoms with Crippen LogP contribution < -0.4 is 4.74 Å². The van der Waals surface area contributed by atoms with Gasteiger partial charge in [-0.15, -0.1) is 0 Å². The number of aromatic nitrogens is 4. The van der Waals surface area contributed by atoms with Gasteiger partial charge in [0.15, 0.2) is 5.65 Å². The van der Waals surface area contributed by atoms with Crippen molar-refractivity contribution in [3.8, 4) is 5.88 Å². The summed E-state index contributed by atoms with van der Waals surface area (Å²) in [4.78, 5) is 8.63. The SMILES string of the molecule is COc1nc(C)nc2c1c(C(C)O)nn2[C@@H](C)c1ccc(C(F)(F)F)cc1. The highest BCUT2D eigenvalue weighted by molar-refractivity contribution is 5.84. The molecule has 0 aliphatic carbocycles. The molecular formula is C18H19F3N4O2. The van der Waals surface area contributed by atoms with E-state index in [1.165, 1.54) is 19.2 Å². The molecule has 6 nitrogen and oxygen atoms in total. The maximum atomic E-state index is 12.8. The highest BCUT2D eigenvalue weighted by Crippen LogP contribution is 2.34. The molecule has 1 aromatic carbocycles. The van der Waals surface area contributed by atoms with Gasteiger partial charge in [0, 0.05) is 0 Å². The van der Waals surface area contributed by atoms with Crippen molar-refractivity contribution in [1.82, 2.24) is 19.7 Å². The summed E-state index contributed by atoms with van der Waals surface area (Å²) in [7, 11) is 1.46. The summed E-state index contributed by atoms with van der Waals surface area (Å²) in [5.41, 5.74) is 0.705. The molecule has 0 radical (unpaired) electrons. The number of nitrogens with zero attached hydrogens (tertiary/aromatic N) is 4. The lowest BCUT2D eigenvalue weighted by molar-refractivity contribution is -0.137. The number of halogens is 3. The lowest BCUT2D eigenvalue weighted by Gasteiger charge is -2.15. The Kier molecular flexibility index (Phi) is 4.81. The number of hydrogen-bond acceptors (Lipinski definition) is 5. The largest absolute Gasteiger partial charge is 0.480 e. The molecule has 2 aromatic heterocycles. The van der Waals surface area contributed by atoms with Crippen LogP contribution in [0.25, 0.3) is 11.0 Å². The summed E-state index contributed by atoms with van der Waals surface area (Å²) in [6.07, 6.45) is -5.29. The number of aliphatic hydroxyl groups is 1. The van der Waals surface area contributed by atoms with Gasteiger partial charge in [-0.25, -0.2) is 9.67 Å². The number of hydrogen-bond donors (Lipinski definition) is 1. The Balaban J connectivity index is 2.14. The van der Waals surface area contributed by atoms with E-state index in [1.54, 1.807) is 25.5 Å². The minimum Gasteiger partial charge on any atom is -0.480 e. The zero-order valence-electron chi connectivity index (χ0n) is 15.2. The summed E-state index contributed by atoms with van der Waals surface area (Å²) >= 11 is 0. The molecule has 3 aromatic rings. The van der Waals surface area contributed by atoms with Crippen molar-refractivity contribution in [2.75, 3.05) is 7.11 Å². The standard InChI is InChI=1S/C18H19F3N4O2/c1-9(12-5-7-13(8-6-12)18(19,20)21)25-16-14(15(24-25)10(2)26)17(27-4)23-11(3)22-16/h5-10,26H,1-4H3/t9-,10?/m0/s1. The van der Waals surface area contributed by atoms with Gasteiger partial charge in [-0.1, -0.05) is 12.1 Å². The minimum atomic E-state index is -4.39. The fourth-order valence-electron chi connectivity index (χ4n) is 2.94. The maximum absolute atomic E-state index is 12.8. The molecule has 3 rings (SSSR count). The Morgan fingerprint density at radius 1 is 1.11 bits per heavy atom. The molecule has 2 heterocycles. The fourth-order valence-corrected chi connectivity index (χ4v) is 2.94. The van der Waals surface area contributed by atoms with E-state index in [-0.39, 0.29) is 0 Å². The van der Waals surface area contributed by atoms with Crippen LogP contribution in [0, 0.1) is 6.92 Å². The van der Waals surface area contributed by atoms with E-state index < -0.39 is 23.9 Å². The molecule has 2 atom stereocenters. The number of rotatable bonds is 4. The topological polar surface area (TPSA) is 73.1 Å². The van der Waals surface area contributed by atoms with Crippen LogP contribution in [0.4, 0.5) is 13.2 Å². The van der Waals surface area contributed by atoms with E-state index in [1.807, 2.05) is 0 Å². The van der Waals surface area contributed by atoms with Gasteiger partial charge in [-0.2, -0.15) is 23.3 Å². The Hall–Kier alpha value is -2.68. The van der Waals surface area contributed by atoms with Crippen molar-refractivity contribution >= 4 is 11.0 Å². The van der Waals surface area contributed by atoms with E-state index >= 15 is 0 Å². The molecule has 144 valence electrons. The van der Waals surface area contributed by atoms with Crippen molar-refractivity contribution in [1.29, 1.82) is 0 Å². The zero-order chi connectivity index (χ0) is 19.9. The number of methoxy groups -OCH3 is 1. The number of fused-ring (bicyclic) bond motifs is 1. The second-order valence-corrected chi connectivity index (χ2v) is 6.28. The van der Waals surface area contributed by atoms with Gasteiger partial charge in [-0.05, 0) is 38.5 Å². The normalized spacial score (nSPS) is 14.4. The van der Waals surface area contributed by atoms with Gasteiger partial charge in [0.2, 0.25) is 5.88 Å². The molecule has 0 saturated carbocycles. The molecule has 0 bridgehead atoms. The van der Waals surface area contributed by atoms with Gasteiger partial charge < -0.3 is 9.84 Å². The molecular weight excluding hydrogens is 361 g/mol. The Morgan fingerprint density at radius 3 is 2.26 bits per heavy atom. The molecule has 0 spiro atoms. The van der Waals surface area contributed by atoms with Crippen LogP contribution in [0.5, 0.6) is 5.88 Å². The Labute approximate surface area is 153 Å². The molecule has 0 amide bonds. The number of aliphatic hydroxyl groups excluding tert-OH is 1. The van der Waals surface area contributed by atoms with Gasteiger partial charge in [0.25, 0.3) is 0 Å². The first kappa shape index (κ1) is 19.1. The Morgan fingerprint density at radius 2 is 1.74 bits per heavy atom. The number of alkyl halides is 3. The van der Waals surface area contributed by atoms with Crippen LogP contribution in [0.15, 0.2) is 24.3 Å². The van der Waals surface area contributed by atoms with E-state index in [2.05, 4.69) is 15.1 Å². The molecule has 0 aliphatic rings. The summed E-state index contributed by atoms with van der Waals surface area (Å²) in [5, 5.41) is 15.0. The highest BCUT2D eigenvalue weighted by Gasteiger charge is 2.30. The summed E-state index contributed by atoms with van der Waals surface area (Å²) in [6.45, 7) is 5.06. The number of aryl methyl sites for hydroxylation is 1. The molecule has 0 aliphatic heterocycles. The average Bonchev–Trinajstić information content (AvgIpc) is 2.99. The quantitative estimate of drug-likeness (QED) is 0.745. The van der Waals surface area contributed by atoms with Crippen molar-refractivity contribution < 1.29 is 23.0 Å². The van der Waals surface area contributed by atoms with Crippen molar-refractivity contribution in [3.63, 3.8) is 0 Å². The van der Waals surface area contributed by atoms with Crippen molar-refractivity contribution in [2.24, 2.45) is 0 Å². The smallest absolute Gasteiger partial charge is 0.416 e. The highest BCUT2D eigenvalue weighted by atomic mass is 19.4. The van der Waals surface area contributed by atoms with Crippen LogP contribution in [0.2, 0.25) is 0 Å². The van der Waals surface area contributed by atoms with Crippen LogP contribution >= 0.6 is 0 Å². The Bertz CT molecular complexity index is 965. The lowest BCUT2D eigenvalue weighted by atomic mass is 10.1. The molecule has 9 heteroatoms. The third-order valence-corrected chi connectivity index (χ3v) is 4.33. The van der Waals surface area contributed by atoms with Crippen molar-refractivity contribution in [3.05, 3.63) is 46.9 Å². The molecule has 27 heavy (non-hydrogen) atoms. The predicted molar refractivity (Wildman–Crippen MR) is 92.5 cm³/mol. The summed E-state index contributed by atoms with van der Waals surface area (Å²) in [5.74, 6) is 0.747. The lowest BCUT2D eigenvalue weighted by Crippen LogP contribution is -2.11. The fraction of sp³-hybridized carbons (Fsp3) is 0.389. The summed E-state index contributed by atoms with van der Waals surface area (Å²) in [6, 6.07) is 4.48. The second kappa shape index (κ2) is 6.80. The zero-order valence-corrected chi connectivity index (χ0v) is 15.2. The molecule has 0 fully saturated rings. The predicted octanol–water partition coefficient (Wildman–Crippen LogP) is 3.82. The first-order valence-corrected chi connectivity index (χ1v) is 8.29. The monoisotopic (exact) mass is 380 g/mol. The van der Waals surface area contributed by atoms with Crippen LogP contribution in [-0.2, 0) is 6.18 Å². The molecule has 1 N–H and O–H groups in total. The van der Waals surface area contributed by atoms with Crippen molar-refractivity contribution in [2.45, 2.75) is 39.1 Å². The third-order valence-electron chi connectivity index (χ3n) is 4.33. The van der Waals surface area contributed by atoms with Crippen LogP contribution in [-0.4, -0.2) is 32.0 Å². The van der Waals surface area contributed by atoms with Gasteiger partial charge in [0.1, 0.15) is 16.9 Å². The first-order chi connectivity index (χ1) is 12.6. The van der Waals surface area contributed by atoms with Crippen LogP contribution in [0.1, 0.15) is 48.6 Å². The number of benzene rings is 1. The van der Waals surface area contributed by atoms with Gasteiger partial charge in [0.05, 0.1) is 24.8 Å². The first-order valence-electron chi connectivity index (χ1n) is 8.29. The van der Waals surface area contributed by atoms with E-state index in [4.69, 9.17) is 4.74 Å². The minimum absolute atomic E-state index is 0.291.